The number of esters is 2. The van der Waals surface area contributed by atoms with Crippen LogP contribution in [0.4, 0.5) is 0 Å². The van der Waals surface area contributed by atoms with E-state index in [1.165, 1.54) is 18.2 Å². The van der Waals surface area contributed by atoms with Gasteiger partial charge in [0.2, 0.25) is 5.78 Å². The molecule has 0 aliphatic heterocycles. The van der Waals surface area contributed by atoms with Gasteiger partial charge in [-0.1, -0.05) is 0 Å². The summed E-state index contributed by atoms with van der Waals surface area (Å²) in [5.41, 5.74) is -1.54. The third kappa shape index (κ3) is 5.30. The van der Waals surface area contributed by atoms with E-state index in [2.05, 4.69) is 0 Å². The van der Waals surface area contributed by atoms with Crippen LogP contribution in [0.2, 0.25) is 0 Å². The second-order valence-corrected chi connectivity index (χ2v) is 7.45. The molecule has 0 spiro atoms. The van der Waals surface area contributed by atoms with Crippen LogP contribution < -0.4 is 9.47 Å². The highest BCUT2D eigenvalue weighted by atomic mass is 16.5. The molecule has 1 aromatic carbocycles. The van der Waals surface area contributed by atoms with Crippen molar-refractivity contribution in [1.82, 2.24) is 0 Å². The number of hydrogen-bond donors (Lipinski definition) is 0. The van der Waals surface area contributed by atoms with Crippen molar-refractivity contribution in [2.75, 3.05) is 0 Å². The summed E-state index contributed by atoms with van der Waals surface area (Å²) in [6.45, 7) is 10.1. The van der Waals surface area contributed by atoms with Crippen LogP contribution in [0.5, 0.6) is 11.5 Å². The van der Waals surface area contributed by atoms with Gasteiger partial charge in [-0.05, 0) is 53.7 Å². The molecular weight excluding hydrogens is 312 g/mol. The van der Waals surface area contributed by atoms with Crippen LogP contribution >= 0.6 is 0 Å². The van der Waals surface area contributed by atoms with Crippen molar-refractivity contribution in [3.63, 3.8) is 0 Å². The molecule has 0 bridgehead atoms. The van der Waals surface area contributed by atoms with E-state index in [4.69, 9.17) is 9.47 Å². The number of carbonyl (C=O) groups excluding carboxylic acids is 4. The maximum atomic E-state index is 12.0. The second-order valence-electron chi connectivity index (χ2n) is 7.45. The molecule has 0 heterocycles. The highest BCUT2D eigenvalue weighted by Crippen LogP contribution is 2.27. The summed E-state index contributed by atoms with van der Waals surface area (Å²) in [7, 11) is 0. The molecule has 1 aromatic rings. The zero-order valence-electron chi connectivity index (χ0n) is 14.8. The molecule has 130 valence electrons. The van der Waals surface area contributed by atoms with E-state index in [9.17, 15) is 19.2 Å². The van der Waals surface area contributed by atoms with E-state index in [0.29, 0.717) is 0 Å². The lowest BCUT2D eigenvalue weighted by atomic mass is 9.97. The molecule has 24 heavy (non-hydrogen) atoms. The lowest BCUT2D eigenvalue weighted by Gasteiger charge is -2.19. The van der Waals surface area contributed by atoms with E-state index >= 15 is 0 Å². The van der Waals surface area contributed by atoms with Gasteiger partial charge in [0.25, 0.3) is 0 Å². The van der Waals surface area contributed by atoms with E-state index in [1.807, 2.05) is 0 Å². The fourth-order valence-corrected chi connectivity index (χ4v) is 1.42. The lowest BCUT2D eigenvalue weighted by molar-refractivity contribution is -0.143. The first kappa shape index (κ1) is 19.5. The van der Waals surface area contributed by atoms with Gasteiger partial charge in [-0.25, -0.2) is 0 Å². The smallest absolute Gasteiger partial charge is 0.316 e. The third-order valence-corrected chi connectivity index (χ3v) is 2.92. The Morgan fingerprint density at radius 2 is 1.17 bits per heavy atom. The molecule has 0 unspecified atom stereocenters. The molecule has 0 fully saturated rings. The van der Waals surface area contributed by atoms with E-state index < -0.39 is 28.6 Å². The Balaban J connectivity index is 3.22. The van der Waals surface area contributed by atoms with Gasteiger partial charge in [0.15, 0.2) is 6.29 Å². The van der Waals surface area contributed by atoms with Crippen LogP contribution in [-0.2, 0) is 14.4 Å². The summed E-state index contributed by atoms with van der Waals surface area (Å²) in [5.74, 6) is -1.80. The van der Waals surface area contributed by atoms with Crippen molar-refractivity contribution in [3.8, 4) is 11.5 Å². The van der Waals surface area contributed by atoms with Crippen molar-refractivity contribution < 1.29 is 28.7 Å². The quantitative estimate of drug-likeness (QED) is 0.277. The number of hydrogen-bond acceptors (Lipinski definition) is 6. The predicted octanol–water partition coefficient (Wildman–Crippen LogP) is 2.97. The Labute approximate surface area is 141 Å². The van der Waals surface area contributed by atoms with Crippen LogP contribution in [0, 0.1) is 10.8 Å². The van der Waals surface area contributed by atoms with Gasteiger partial charge >= 0.3 is 11.9 Å². The summed E-state index contributed by atoms with van der Waals surface area (Å²) in [6.07, 6.45) is 0.139. The topological polar surface area (TPSA) is 86.7 Å². The summed E-state index contributed by atoms with van der Waals surface area (Å²) in [4.78, 5) is 46.3. The maximum absolute atomic E-state index is 12.0. The zero-order valence-corrected chi connectivity index (χ0v) is 14.8. The fraction of sp³-hybridized carbons (Fsp3) is 0.444. The average Bonchev–Trinajstić information content (AvgIpc) is 2.44. The largest absolute Gasteiger partial charge is 0.426 e. The molecule has 0 N–H and O–H groups in total. The van der Waals surface area contributed by atoms with Gasteiger partial charge < -0.3 is 9.47 Å². The van der Waals surface area contributed by atoms with E-state index in [-0.39, 0.29) is 23.3 Å². The number of ether oxygens (including phenoxy) is 2. The first-order chi connectivity index (χ1) is 10.8. The molecule has 0 aromatic heterocycles. The molecule has 0 aliphatic carbocycles. The zero-order chi connectivity index (χ0) is 18.7. The number of benzene rings is 1. The third-order valence-electron chi connectivity index (χ3n) is 2.92. The SMILES string of the molecule is CC(C)(C)C(=O)Oc1cc(OC(=O)C(C)(C)C)cc(C(=O)C=O)c1. The van der Waals surface area contributed by atoms with Gasteiger partial charge in [0.1, 0.15) is 11.5 Å². The number of carbonyl (C=O) groups is 4. The lowest BCUT2D eigenvalue weighted by Crippen LogP contribution is -2.26. The van der Waals surface area contributed by atoms with Crippen molar-refractivity contribution in [2.45, 2.75) is 41.5 Å². The Kier molecular flexibility index (Phi) is 5.66. The van der Waals surface area contributed by atoms with Crippen LogP contribution in [0.3, 0.4) is 0 Å². The molecule has 0 atom stereocenters. The predicted molar refractivity (Wildman–Crippen MR) is 87.0 cm³/mol. The number of ketones is 1. The Morgan fingerprint density at radius 1 is 0.792 bits per heavy atom. The molecule has 0 amide bonds. The molecule has 1 rings (SSSR count). The van der Waals surface area contributed by atoms with Gasteiger partial charge in [-0.3, -0.25) is 19.2 Å². The minimum Gasteiger partial charge on any atom is -0.426 e. The van der Waals surface area contributed by atoms with E-state index in [1.54, 1.807) is 41.5 Å². The molecule has 0 aliphatic rings. The molecule has 0 radical (unpaired) electrons. The van der Waals surface area contributed by atoms with Crippen molar-refractivity contribution in [3.05, 3.63) is 23.8 Å². The van der Waals surface area contributed by atoms with E-state index in [0.717, 1.165) is 0 Å². The standard InChI is InChI=1S/C18H22O6/c1-17(2,3)15(21)23-12-7-11(14(20)10-19)8-13(9-12)24-16(22)18(4,5)6/h7-10H,1-6H3. The minimum atomic E-state index is -0.809. The number of Topliss-reactive ketones (excluding diaryl/α,β-unsaturated/α-hetero) is 1. The Morgan fingerprint density at radius 3 is 1.46 bits per heavy atom. The molecule has 0 saturated carbocycles. The van der Waals surface area contributed by atoms with Crippen molar-refractivity contribution >= 4 is 24.0 Å². The summed E-state index contributed by atoms with van der Waals surface area (Å²) < 4.78 is 10.4. The van der Waals surface area contributed by atoms with Gasteiger partial charge in [-0.2, -0.15) is 0 Å². The Bertz CT molecular complexity index is 627. The minimum absolute atomic E-state index is 0.0269. The molecule has 6 nitrogen and oxygen atoms in total. The first-order valence-corrected chi connectivity index (χ1v) is 7.44. The van der Waals surface area contributed by atoms with Crippen LogP contribution in [0.1, 0.15) is 51.9 Å². The maximum Gasteiger partial charge on any atom is 0.316 e. The number of aldehydes is 1. The van der Waals surface area contributed by atoms with Gasteiger partial charge in [0, 0.05) is 11.6 Å². The average molecular weight is 334 g/mol. The van der Waals surface area contributed by atoms with Crippen molar-refractivity contribution in [1.29, 1.82) is 0 Å². The highest BCUT2D eigenvalue weighted by Gasteiger charge is 2.26. The van der Waals surface area contributed by atoms with Crippen LogP contribution in [0.15, 0.2) is 18.2 Å². The summed E-state index contributed by atoms with van der Waals surface area (Å²) >= 11 is 0. The van der Waals surface area contributed by atoms with Gasteiger partial charge in [-0.15, -0.1) is 0 Å². The summed E-state index contributed by atoms with van der Waals surface area (Å²) in [6, 6.07) is 3.85. The fourth-order valence-electron chi connectivity index (χ4n) is 1.42. The van der Waals surface area contributed by atoms with Crippen LogP contribution in [-0.4, -0.2) is 24.0 Å². The van der Waals surface area contributed by atoms with Crippen molar-refractivity contribution in [2.24, 2.45) is 10.8 Å². The first-order valence-electron chi connectivity index (χ1n) is 7.44. The number of rotatable bonds is 4. The molecule has 0 saturated heterocycles. The molecular formula is C18H22O6. The van der Waals surface area contributed by atoms with Gasteiger partial charge in [0.05, 0.1) is 10.8 Å². The Hall–Kier alpha value is -2.50. The second kappa shape index (κ2) is 6.95. The van der Waals surface area contributed by atoms with Crippen LogP contribution in [0.25, 0.3) is 0 Å². The summed E-state index contributed by atoms with van der Waals surface area (Å²) in [5, 5.41) is 0. The normalized spacial score (nSPS) is 11.6. The highest BCUT2D eigenvalue weighted by molar-refractivity contribution is 6.33. The molecule has 6 heteroatoms. The monoisotopic (exact) mass is 334 g/mol.